The van der Waals surface area contributed by atoms with Crippen LogP contribution >= 0.6 is 11.6 Å². The molecule has 0 aliphatic rings. The highest BCUT2D eigenvalue weighted by Crippen LogP contribution is 2.20. The Labute approximate surface area is 167 Å². The number of ether oxygens (including phenoxy) is 3. The van der Waals surface area contributed by atoms with E-state index >= 15 is 0 Å². The van der Waals surface area contributed by atoms with Crippen LogP contribution in [0, 0.1) is 0 Å². The monoisotopic (exact) mass is 405 g/mol. The fourth-order valence-corrected chi connectivity index (χ4v) is 2.64. The fraction of sp³-hybridized carbons (Fsp3) is 0.250. The first-order valence-corrected chi connectivity index (χ1v) is 8.71. The highest BCUT2D eigenvalue weighted by Gasteiger charge is 2.16. The number of nitrogens with one attached hydrogen (secondary N) is 1. The maximum absolute atomic E-state index is 12.2. The Balaban J connectivity index is 2.07. The van der Waals surface area contributed by atoms with Crippen LogP contribution in [-0.2, 0) is 14.3 Å². The van der Waals surface area contributed by atoms with Gasteiger partial charge in [-0.3, -0.25) is 4.79 Å². The van der Waals surface area contributed by atoms with Gasteiger partial charge >= 0.3 is 11.9 Å². The minimum atomic E-state index is -0.644. The van der Waals surface area contributed by atoms with Gasteiger partial charge in [-0.2, -0.15) is 0 Å². The summed E-state index contributed by atoms with van der Waals surface area (Å²) >= 11 is 5.96. The van der Waals surface area contributed by atoms with E-state index < -0.39 is 11.9 Å². The maximum Gasteiger partial charge on any atom is 0.338 e. The Morgan fingerprint density at radius 2 is 1.61 bits per heavy atom. The largest absolute Gasteiger partial charge is 0.484 e. The predicted octanol–water partition coefficient (Wildman–Crippen LogP) is 3.17. The van der Waals surface area contributed by atoms with Crippen LogP contribution in [-0.4, -0.2) is 38.7 Å². The number of rotatable bonds is 7. The van der Waals surface area contributed by atoms with Crippen molar-refractivity contribution >= 4 is 29.4 Å². The van der Waals surface area contributed by atoms with Crippen molar-refractivity contribution in [3.05, 3.63) is 64.2 Å². The first-order valence-electron chi connectivity index (χ1n) is 8.33. The summed E-state index contributed by atoms with van der Waals surface area (Å²) in [6.45, 7) is 1.51. The first-order chi connectivity index (χ1) is 13.3. The Morgan fingerprint density at radius 3 is 2.14 bits per heavy atom. The van der Waals surface area contributed by atoms with Crippen LogP contribution in [0.15, 0.2) is 42.5 Å². The first kappa shape index (κ1) is 21.2. The number of hydrogen-bond acceptors (Lipinski definition) is 6. The molecule has 8 heteroatoms. The second-order valence-electron chi connectivity index (χ2n) is 5.86. The highest BCUT2D eigenvalue weighted by molar-refractivity contribution is 6.30. The molecule has 2 aromatic carbocycles. The van der Waals surface area contributed by atoms with Gasteiger partial charge in [-0.25, -0.2) is 9.59 Å². The van der Waals surface area contributed by atoms with E-state index in [0.29, 0.717) is 5.02 Å². The van der Waals surface area contributed by atoms with Crippen LogP contribution in [0.3, 0.4) is 0 Å². The van der Waals surface area contributed by atoms with Gasteiger partial charge in [0.05, 0.1) is 31.4 Å². The lowest BCUT2D eigenvalue weighted by Crippen LogP contribution is -2.31. The molecule has 1 unspecified atom stereocenters. The van der Waals surface area contributed by atoms with E-state index in [-0.39, 0.29) is 35.4 Å². The van der Waals surface area contributed by atoms with Gasteiger partial charge in [-0.15, -0.1) is 0 Å². The lowest BCUT2D eigenvalue weighted by atomic mass is 10.1. The van der Waals surface area contributed by atoms with Gasteiger partial charge < -0.3 is 19.5 Å². The van der Waals surface area contributed by atoms with Crippen LogP contribution in [0.25, 0.3) is 0 Å². The van der Waals surface area contributed by atoms with E-state index in [1.54, 1.807) is 18.2 Å². The second kappa shape index (κ2) is 9.75. The summed E-state index contributed by atoms with van der Waals surface area (Å²) in [7, 11) is 2.44. The third-order valence-electron chi connectivity index (χ3n) is 3.84. The number of carbonyl (C=O) groups is 3. The summed E-state index contributed by atoms with van der Waals surface area (Å²) in [5, 5.41) is 3.36. The molecule has 0 saturated carbocycles. The van der Waals surface area contributed by atoms with E-state index in [4.69, 9.17) is 16.3 Å². The maximum atomic E-state index is 12.2. The fourth-order valence-electron chi connectivity index (χ4n) is 2.45. The Hall–Kier alpha value is -3.06. The quantitative estimate of drug-likeness (QED) is 0.711. The number of esters is 2. The molecule has 0 aliphatic heterocycles. The molecular weight excluding hydrogens is 386 g/mol. The van der Waals surface area contributed by atoms with Crippen LogP contribution in [0.1, 0.15) is 39.2 Å². The van der Waals surface area contributed by atoms with Crippen LogP contribution in [0.4, 0.5) is 0 Å². The molecule has 0 spiro atoms. The van der Waals surface area contributed by atoms with E-state index in [9.17, 15) is 14.4 Å². The normalized spacial score (nSPS) is 11.3. The predicted molar refractivity (Wildman–Crippen MR) is 103 cm³/mol. The van der Waals surface area contributed by atoms with Crippen molar-refractivity contribution in [2.45, 2.75) is 13.0 Å². The highest BCUT2D eigenvalue weighted by atomic mass is 35.5. The van der Waals surface area contributed by atoms with Crippen molar-refractivity contribution in [3.63, 3.8) is 0 Å². The molecule has 0 aliphatic carbocycles. The third kappa shape index (κ3) is 5.72. The zero-order chi connectivity index (χ0) is 20.7. The molecule has 148 valence electrons. The minimum absolute atomic E-state index is 0.105. The average molecular weight is 406 g/mol. The van der Waals surface area contributed by atoms with Crippen LogP contribution in [0.5, 0.6) is 5.75 Å². The molecule has 2 aromatic rings. The number of hydrogen-bond donors (Lipinski definition) is 1. The summed E-state index contributed by atoms with van der Waals surface area (Å²) in [6.07, 6.45) is 0. The van der Waals surface area contributed by atoms with Gasteiger partial charge in [0.2, 0.25) is 0 Å². The van der Waals surface area contributed by atoms with Gasteiger partial charge in [0.25, 0.3) is 5.91 Å². The zero-order valence-electron chi connectivity index (χ0n) is 15.7. The van der Waals surface area contributed by atoms with Crippen molar-refractivity contribution in [1.29, 1.82) is 0 Å². The molecule has 0 aromatic heterocycles. The lowest BCUT2D eigenvalue weighted by molar-refractivity contribution is -0.123. The molecule has 0 saturated heterocycles. The molecule has 0 radical (unpaired) electrons. The molecule has 28 heavy (non-hydrogen) atoms. The summed E-state index contributed by atoms with van der Waals surface area (Å²) in [5.74, 6) is -1.51. The number of carbonyl (C=O) groups excluding carboxylic acids is 3. The Bertz CT molecular complexity index is 848. The smallest absolute Gasteiger partial charge is 0.338 e. The summed E-state index contributed by atoms with van der Waals surface area (Å²) < 4.78 is 14.8. The van der Waals surface area contributed by atoms with Gasteiger partial charge in [-0.1, -0.05) is 23.7 Å². The average Bonchev–Trinajstić information content (AvgIpc) is 2.70. The summed E-state index contributed by atoms with van der Waals surface area (Å²) in [5.41, 5.74) is 1.06. The lowest BCUT2D eigenvalue weighted by Gasteiger charge is -2.15. The molecular formula is C20H20ClNO6. The Morgan fingerprint density at radius 1 is 1.00 bits per heavy atom. The number of halogens is 1. The third-order valence-corrected chi connectivity index (χ3v) is 4.08. The number of amides is 1. The molecule has 7 nitrogen and oxygen atoms in total. The van der Waals surface area contributed by atoms with Crippen molar-refractivity contribution in [1.82, 2.24) is 5.32 Å². The van der Waals surface area contributed by atoms with Gasteiger partial charge in [-0.05, 0) is 42.8 Å². The molecule has 2 rings (SSSR count). The zero-order valence-corrected chi connectivity index (χ0v) is 16.4. The summed E-state index contributed by atoms with van der Waals surface area (Å²) in [6, 6.07) is 11.0. The van der Waals surface area contributed by atoms with E-state index in [2.05, 4.69) is 14.8 Å². The molecule has 0 bridgehead atoms. The molecule has 1 atom stereocenters. The number of benzene rings is 2. The van der Waals surface area contributed by atoms with Gasteiger partial charge in [0.15, 0.2) is 6.61 Å². The van der Waals surface area contributed by atoms with Crippen molar-refractivity contribution in [3.8, 4) is 5.75 Å². The molecule has 1 amide bonds. The standard InChI is InChI=1S/C20H20ClNO6/c1-12(13-5-4-6-16(21)8-13)22-18(23)11-28-17-9-14(19(24)26-2)7-15(10-17)20(25)27-3/h4-10,12H,11H2,1-3H3,(H,22,23). The minimum Gasteiger partial charge on any atom is -0.484 e. The molecule has 0 heterocycles. The summed E-state index contributed by atoms with van der Waals surface area (Å²) in [4.78, 5) is 35.7. The van der Waals surface area contributed by atoms with Crippen molar-refractivity contribution in [2.75, 3.05) is 20.8 Å². The van der Waals surface area contributed by atoms with E-state index in [0.717, 1.165) is 5.56 Å². The number of methoxy groups -OCH3 is 2. The topological polar surface area (TPSA) is 90.9 Å². The second-order valence-corrected chi connectivity index (χ2v) is 6.30. The van der Waals surface area contributed by atoms with Crippen LogP contribution in [0.2, 0.25) is 5.02 Å². The van der Waals surface area contributed by atoms with Gasteiger partial charge in [0.1, 0.15) is 5.75 Å². The van der Waals surface area contributed by atoms with Crippen molar-refractivity contribution in [2.24, 2.45) is 0 Å². The van der Waals surface area contributed by atoms with Crippen LogP contribution < -0.4 is 10.1 Å². The molecule has 0 fully saturated rings. The van der Waals surface area contributed by atoms with Gasteiger partial charge in [0, 0.05) is 5.02 Å². The Kier molecular flexibility index (Phi) is 7.40. The SMILES string of the molecule is COC(=O)c1cc(OCC(=O)NC(C)c2cccc(Cl)c2)cc(C(=O)OC)c1. The molecule has 1 N–H and O–H groups in total. The van der Waals surface area contributed by atoms with E-state index in [1.165, 1.54) is 32.4 Å². The van der Waals surface area contributed by atoms with E-state index in [1.807, 2.05) is 13.0 Å². The van der Waals surface area contributed by atoms with Crippen molar-refractivity contribution < 1.29 is 28.6 Å².